The maximum Gasteiger partial charge on any atom is 0.313 e. The Morgan fingerprint density at radius 2 is 2.17 bits per heavy atom. The minimum atomic E-state index is -1.37. The number of nitrogens with two attached hydrogens (primary N) is 1. The van der Waals surface area contributed by atoms with Crippen LogP contribution in [0.2, 0.25) is 0 Å². The molecule has 2 aromatic heterocycles. The van der Waals surface area contributed by atoms with E-state index in [0.717, 1.165) is 53.0 Å². The fraction of sp³-hybridized carbons (Fsp3) is 0.435. The number of carbonyl (C=O) groups is 1. The van der Waals surface area contributed by atoms with E-state index in [9.17, 15) is 14.7 Å². The minimum Gasteiger partial charge on any atom is -0.460 e. The summed E-state index contributed by atoms with van der Waals surface area (Å²) in [4.78, 5) is 30.5. The molecule has 30 heavy (non-hydrogen) atoms. The lowest BCUT2D eigenvalue weighted by Gasteiger charge is -2.38. The van der Waals surface area contributed by atoms with Crippen molar-refractivity contribution in [3.05, 3.63) is 56.0 Å². The van der Waals surface area contributed by atoms with Crippen LogP contribution in [0.5, 0.6) is 0 Å². The lowest BCUT2D eigenvalue weighted by Crippen LogP contribution is -2.46. The van der Waals surface area contributed by atoms with Crippen LogP contribution in [0.4, 0.5) is 0 Å². The van der Waals surface area contributed by atoms with E-state index in [1.807, 2.05) is 13.0 Å². The Kier molecular flexibility index (Phi) is 3.54. The third kappa shape index (κ3) is 2.19. The van der Waals surface area contributed by atoms with Gasteiger partial charge in [-0.05, 0) is 60.6 Å². The second kappa shape index (κ2) is 5.89. The molecule has 0 saturated heterocycles. The molecule has 154 valence electrons. The van der Waals surface area contributed by atoms with Crippen LogP contribution < -0.4 is 11.3 Å². The highest BCUT2D eigenvalue weighted by molar-refractivity contribution is 5.81. The van der Waals surface area contributed by atoms with Crippen LogP contribution in [0.3, 0.4) is 0 Å². The van der Waals surface area contributed by atoms with Gasteiger partial charge >= 0.3 is 5.97 Å². The summed E-state index contributed by atoms with van der Waals surface area (Å²) in [6, 6.07) is 1.97. The summed E-state index contributed by atoms with van der Waals surface area (Å²) in [5.74, 6) is -0.860. The maximum absolute atomic E-state index is 13.3. The van der Waals surface area contributed by atoms with Crippen LogP contribution >= 0.6 is 0 Å². The molecule has 0 saturated carbocycles. The number of hydrogen-bond donors (Lipinski definition) is 2. The van der Waals surface area contributed by atoms with Gasteiger partial charge in [0.1, 0.15) is 12.3 Å². The van der Waals surface area contributed by atoms with Gasteiger partial charge in [-0.2, -0.15) is 0 Å². The number of nitrogens with zero attached hydrogens (tertiary/aromatic N) is 2. The summed E-state index contributed by atoms with van der Waals surface area (Å²) in [7, 11) is 0. The summed E-state index contributed by atoms with van der Waals surface area (Å²) < 4.78 is 7.04. The Bertz CT molecular complexity index is 1220. The Morgan fingerprint density at radius 1 is 1.33 bits per heavy atom. The first-order valence-electron chi connectivity index (χ1n) is 10.6. The molecule has 0 fully saturated rings. The summed E-state index contributed by atoms with van der Waals surface area (Å²) in [5, 5.41) is 10.7. The molecule has 7 heteroatoms. The lowest BCUT2D eigenvalue weighted by atomic mass is 9.72. The molecule has 2 aliphatic heterocycles. The third-order valence-corrected chi connectivity index (χ3v) is 7.24. The first kappa shape index (κ1) is 18.0. The van der Waals surface area contributed by atoms with Gasteiger partial charge in [-0.25, -0.2) is 4.98 Å². The van der Waals surface area contributed by atoms with Crippen molar-refractivity contribution in [3.8, 4) is 11.4 Å². The lowest BCUT2D eigenvalue weighted by molar-refractivity contribution is -0.148. The van der Waals surface area contributed by atoms with E-state index in [0.29, 0.717) is 18.5 Å². The van der Waals surface area contributed by atoms with E-state index in [1.165, 1.54) is 5.56 Å². The van der Waals surface area contributed by atoms with E-state index in [1.54, 1.807) is 16.7 Å². The molecule has 3 N–H and O–H groups in total. The number of cyclic esters (lactones) is 1. The van der Waals surface area contributed by atoms with Gasteiger partial charge in [0, 0.05) is 11.5 Å². The van der Waals surface area contributed by atoms with Crippen molar-refractivity contribution < 1.29 is 14.6 Å². The number of carbonyl (C=O) groups excluding carboxylic acids is 1. The fourth-order valence-electron chi connectivity index (χ4n) is 5.74. The SMILES string of the molecule is CCC1C(=O)OCc2c1cc1n(c2=O)Cc2c-1nc1c3c2CCCC3C(N)(O)C=C1. The first-order valence-corrected chi connectivity index (χ1v) is 10.6. The van der Waals surface area contributed by atoms with E-state index in [2.05, 4.69) is 0 Å². The van der Waals surface area contributed by atoms with Gasteiger partial charge in [0.25, 0.3) is 5.56 Å². The van der Waals surface area contributed by atoms with Gasteiger partial charge in [-0.3, -0.25) is 15.3 Å². The molecule has 0 aromatic carbocycles. The van der Waals surface area contributed by atoms with Gasteiger partial charge < -0.3 is 14.4 Å². The normalized spacial score (nSPS) is 27.8. The monoisotopic (exact) mass is 405 g/mol. The number of esters is 1. The molecule has 0 amide bonds. The molecule has 2 aliphatic carbocycles. The van der Waals surface area contributed by atoms with Crippen molar-refractivity contribution in [2.45, 2.75) is 63.3 Å². The number of rotatable bonds is 1. The molecule has 7 nitrogen and oxygen atoms in total. The standard InChI is InChI=1S/C23H23N3O4/c1-2-11-13-8-18-20-14(9-26(18)21(27)15(13)10-30-22(11)28)12-4-3-5-16-19(12)17(25-20)6-7-23(16,24)29/h6-8,11,16,29H,2-5,9-10,24H2,1H3. The molecule has 0 bridgehead atoms. The summed E-state index contributed by atoms with van der Waals surface area (Å²) in [6.45, 7) is 2.41. The van der Waals surface area contributed by atoms with Gasteiger partial charge in [0.05, 0.1) is 35.1 Å². The summed E-state index contributed by atoms with van der Waals surface area (Å²) in [6.07, 6.45) is 6.65. The third-order valence-electron chi connectivity index (χ3n) is 7.24. The van der Waals surface area contributed by atoms with Crippen molar-refractivity contribution in [1.82, 2.24) is 9.55 Å². The molecule has 4 aliphatic rings. The number of ether oxygens (including phenoxy) is 1. The van der Waals surface area contributed by atoms with E-state index < -0.39 is 11.6 Å². The first-order chi connectivity index (χ1) is 14.4. The Labute approximate surface area is 173 Å². The highest BCUT2D eigenvalue weighted by Crippen LogP contribution is 2.47. The Balaban J connectivity index is 1.60. The van der Waals surface area contributed by atoms with Crippen molar-refractivity contribution in [2.75, 3.05) is 0 Å². The highest BCUT2D eigenvalue weighted by Gasteiger charge is 2.42. The minimum absolute atomic E-state index is 0.0297. The van der Waals surface area contributed by atoms with Crippen molar-refractivity contribution in [3.63, 3.8) is 0 Å². The van der Waals surface area contributed by atoms with Crippen LogP contribution in [-0.4, -0.2) is 26.4 Å². The fourth-order valence-corrected chi connectivity index (χ4v) is 5.74. The molecule has 0 radical (unpaired) electrons. The zero-order valence-electron chi connectivity index (χ0n) is 16.8. The molecule has 3 unspecified atom stereocenters. The number of aliphatic hydroxyl groups is 1. The smallest absolute Gasteiger partial charge is 0.313 e. The van der Waals surface area contributed by atoms with E-state index in [-0.39, 0.29) is 24.1 Å². The van der Waals surface area contributed by atoms with Crippen LogP contribution in [0.25, 0.3) is 17.5 Å². The van der Waals surface area contributed by atoms with Crippen molar-refractivity contribution in [1.29, 1.82) is 0 Å². The van der Waals surface area contributed by atoms with Gasteiger partial charge in [0.15, 0.2) is 0 Å². The second-order valence-corrected chi connectivity index (χ2v) is 8.81. The zero-order valence-corrected chi connectivity index (χ0v) is 16.8. The van der Waals surface area contributed by atoms with Crippen LogP contribution in [0.15, 0.2) is 16.9 Å². The number of pyridine rings is 2. The van der Waals surface area contributed by atoms with Crippen LogP contribution in [0, 0.1) is 0 Å². The van der Waals surface area contributed by atoms with Gasteiger partial charge in [-0.15, -0.1) is 0 Å². The molecular weight excluding hydrogens is 382 g/mol. The van der Waals surface area contributed by atoms with Crippen molar-refractivity contribution in [2.24, 2.45) is 5.73 Å². The largest absolute Gasteiger partial charge is 0.460 e. The molecular formula is C23H23N3O4. The second-order valence-electron chi connectivity index (χ2n) is 8.81. The average molecular weight is 405 g/mol. The van der Waals surface area contributed by atoms with E-state index >= 15 is 0 Å². The van der Waals surface area contributed by atoms with Crippen LogP contribution in [-0.2, 0) is 29.1 Å². The summed E-state index contributed by atoms with van der Waals surface area (Å²) >= 11 is 0. The number of aromatic nitrogens is 2. The highest BCUT2D eigenvalue weighted by atomic mass is 16.5. The number of fused-ring (bicyclic) bond motifs is 5. The van der Waals surface area contributed by atoms with Gasteiger partial charge in [0.2, 0.25) is 0 Å². The zero-order chi connectivity index (χ0) is 20.8. The average Bonchev–Trinajstić information content (AvgIpc) is 3.10. The quantitative estimate of drug-likeness (QED) is 0.473. The molecule has 3 atom stereocenters. The molecule has 4 heterocycles. The number of hydrogen-bond acceptors (Lipinski definition) is 6. The predicted octanol–water partition coefficient (Wildman–Crippen LogP) is 1.92. The topological polar surface area (TPSA) is 107 Å². The van der Waals surface area contributed by atoms with Gasteiger partial charge in [-0.1, -0.05) is 6.92 Å². The molecule has 6 rings (SSSR count). The van der Waals surface area contributed by atoms with E-state index in [4.69, 9.17) is 15.5 Å². The van der Waals surface area contributed by atoms with Crippen molar-refractivity contribution >= 4 is 12.0 Å². The molecule has 2 aromatic rings. The van der Waals surface area contributed by atoms with Crippen LogP contribution in [0.1, 0.15) is 71.5 Å². The predicted molar refractivity (Wildman–Crippen MR) is 110 cm³/mol. The Hall–Kier alpha value is -2.77. The summed E-state index contributed by atoms with van der Waals surface area (Å²) in [5.41, 5.74) is 11.7. The molecule has 0 spiro atoms. The maximum atomic E-state index is 13.3. The Morgan fingerprint density at radius 3 is 2.97 bits per heavy atom.